The molecule has 3 aliphatic rings. The fraction of sp³-hybridized carbons (Fsp3) is 0.267. The van der Waals surface area contributed by atoms with Crippen LogP contribution in [0.15, 0.2) is 78.9 Å². The van der Waals surface area contributed by atoms with E-state index < -0.39 is 18.5 Å². The molecule has 0 aromatic heterocycles. The van der Waals surface area contributed by atoms with Crippen LogP contribution < -0.4 is 15.0 Å². The second-order valence-electron chi connectivity index (χ2n) is 10.0. The van der Waals surface area contributed by atoms with Crippen molar-refractivity contribution in [2.45, 2.75) is 19.3 Å². The van der Waals surface area contributed by atoms with Crippen molar-refractivity contribution in [3.8, 4) is 11.5 Å². The molecule has 1 saturated heterocycles. The lowest BCUT2D eigenvalue weighted by Gasteiger charge is -2.19. The van der Waals surface area contributed by atoms with Crippen molar-refractivity contribution < 1.29 is 28.7 Å². The van der Waals surface area contributed by atoms with E-state index in [1.165, 1.54) is 17.0 Å². The Bertz CT molecular complexity index is 1380. The number of hydrogen-bond acceptors (Lipinski definition) is 6. The van der Waals surface area contributed by atoms with Crippen LogP contribution >= 0.6 is 0 Å². The first-order valence-corrected chi connectivity index (χ1v) is 12.8. The van der Waals surface area contributed by atoms with Crippen LogP contribution in [0, 0.1) is 23.7 Å². The van der Waals surface area contributed by atoms with Gasteiger partial charge in [0, 0.05) is 5.69 Å². The SMILES string of the molecule is O=C(COC(=O)c1cccc(N2C(=O)[C@@H]3[C@H]4CC[C@@H](C4)[C@H]3C2=O)c1)Nc1ccc(Oc2ccccc2)cc1. The molecule has 0 radical (unpaired) electrons. The minimum absolute atomic E-state index is 0.165. The second-order valence-corrected chi connectivity index (χ2v) is 10.0. The molecule has 4 atom stereocenters. The summed E-state index contributed by atoms with van der Waals surface area (Å²) in [5.41, 5.74) is 1.06. The van der Waals surface area contributed by atoms with E-state index in [0.717, 1.165) is 19.3 Å². The molecule has 0 unspecified atom stereocenters. The number of carbonyl (C=O) groups is 4. The Morgan fingerprint density at radius 3 is 2.16 bits per heavy atom. The topological polar surface area (TPSA) is 102 Å². The van der Waals surface area contributed by atoms with E-state index in [-0.39, 0.29) is 41.0 Å². The van der Waals surface area contributed by atoms with Gasteiger partial charge in [-0.1, -0.05) is 24.3 Å². The molecule has 3 fully saturated rings. The average molecular weight is 511 g/mol. The zero-order valence-corrected chi connectivity index (χ0v) is 20.5. The molecule has 6 rings (SSSR count). The largest absolute Gasteiger partial charge is 0.457 e. The van der Waals surface area contributed by atoms with Crippen molar-refractivity contribution in [3.05, 3.63) is 84.4 Å². The normalized spacial score (nSPS) is 23.3. The van der Waals surface area contributed by atoms with Gasteiger partial charge >= 0.3 is 5.97 Å². The third-order valence-corrected chi connectivity index (χ3v) is 7.72. The van der Waals surface area contributed by atoms with Gasteiger partial charge in [-0.25, -0.2) is 4.79 Å². The van der Waals surface area contributed by atoms with Crippen LogP contribution in [0.2, 0.25) is 0 Å². The molecule has 1 heterocycles. The molecule has 8 nitrogen and oxygen atoms in total. The summed E-state index contributed by atoms with van der Waals surface area (Å²) in [7, 11) is 0. The Hall–Kier alpha value is -4.46. The molecule has 2 aliphatic carbocycles. The molecule has 2 bridgehead atoms. The first-order chi connectivity index (χ1) is 18.5. The zero-order valence-electron chi connectivity index (χ0n) is 20.5. The predicted molar refractivity (Wildman–Crippen MR) is 139 cm³/mol. The van der Waals surface area contributed by atoms with Crippen LogP contribution in [-0.4, -0.2) is 30.3 Å². The minimum atomic E-state index is -0.715. The van der Waals surface area contributed by atoms with E-state index in [4.69, 9.17) is 9.47 Å². The van der Waals surface area contributed by atoms with Gasteiger partial charge in [0.05, 0.1) is 23.1 Å². The maximum Gasteiger partial charge on any atom is 0.338 e. The standard InChI is InChI=1S/C30H26N2O6/c33-25(31-21-11-13-24(14-12-21)38-23-7-2-1-3-8-23)17-37-30(36)20-5-4-6-22(16-20)32-28(34)26-18-9-10-19(15-18)27(26)29(32)35/h1-8,11-14,16,18-19,26-27H,9-10,15,17H2,(H,31,33)/t18-,19-,26+,27+/m0/s1. The molecular formula is C30H26N2O6. The Morgan fingerprint density at radius 1 is 0.816 bits per heavy atom. The fourth-order valence-corrected chi connectivity index (χ4v) is 6.08. The van der Waals surface area contributed by atoms with Crippen LogP contribution in [0.1, 0.15) is 29.6 Å². The van der Waals surface area contributed by atoms with Crippen molar-refractivity contribution in [1.29, 1.82) is 0 Å². The Morgan fingerprint density at radius 2 is 1.47 bits per heavy atom. The number of rotatable bonds is 7. The smallest absolute Gasteiger partial charge is 0.338 e. The molecule has 1 aliphatic heterocycles. The third-order valence-electron chi connectivity index (χ3n) is 7.72. The molecule has 3 amide bonds. The highest BCUT2D eigenvalue weighted by Crippen LogP contribution is 2.56. The number of hydrogen-bond donors (Lipinski definition) is 1. The van der Waals surface area contributed by atoms with E-state index in [0.29, 0.717) is 22.9 Å². The highest BCUT2D eigenvalue weighted by molar-refractivity contribution is 6.22. The van der Waals surface area contributed by atoms with Crippen molar-refractivity contribution in [3.63, 3.8) is 0 Å². The van der Waals surface area contributed by atoms with Gasteiger partial charge in [-0.2, -0.15) is 0 Å². The van der Waals surface area contributed by atoms with Gasteiger partial charge in [0.25, 0.3) is 5.91 Å². The Kier molecular flexibility index (Phi) is 6.15. The van der Waals surface area contributed by atoms with E-state index in [9.17, 15) is 19.2 Å². The molecule has 2 saturated carbocycles. The van der Waals surface area contributed by atoms with Crippen LogP contribution in [0.3, 0.4) is 0 Å². The van der Waals surface area contributed by atoms with E-state index in [1.807, 2.05) is 30.3 Å². The van der Waals surface area contributed by atoms with Crippen LogP contribution in [0.4, 0.5) is 11.4 Å². The van der Waals surface area contributed by atoms with Gasteiger partial charge in [0.1, 0.15) is 11.5 Å². The second kappa shape index (κ2) is 9.78. The Balaban J connectivity index is 1.04. The predicted octanol–water partition coefficient (Wildman–Crippen LogP) is 4.81. The van der Waals surface area contributed by atoms with Crippen LogP contribution in [0.5, 0.6) is 11.5 Å². The average Bonchev–Trinajstić information content (AvgIpc) is 3.62. The highest BCUT2D eigenvalue weighted by atomic mass is 16.5. The van der Waals surface area contributed by atoms with E-state index >= 15 is 0 Å². The number of carbonyl (C=O) groups excluding carboxylic acids is 4. The summed E-state index contributed by atoms with van der Waals surface area (Å²) < 4.78 is 10.9. The first kappa shape index (κ1) is 23.9. The van der Waals surface area contributed by atoms with Crippen LogP contribution in [0.25, 0.3) is 0 Å². The van der Waals surface area contributed by atoms with Crippen molar-refractivity contribution in [1.82, 2.24) is 0 Å². The van der Waals surface area contributed by atoms with E-state index in [2.05, 4.69) is 5.32 Å². The number of nitrogens with zero attached hydrogens (tertiary/aromatic N) is 1. The van der Waals surface area contributed by atoms with Gasteiger partial charge in [0.2, 0.25) is 11.8 Å². The molecular weight excluding hydrogens is 484 g/mol. The molecule has 1 N–H and O–H groups in total. The quantitative estimate of drug-likeness (QED) is 0.362. The summed E-state index contributed by atoms with van der Waals surface area (Å²) in [6.07, 6.45) is 2.96. The number of anilines is 2. The van der Waals surface area contributed by atoms with E-state index in [1.54, 1.807) is 36.4 Å². The monoisotopic (exact) mass is 510 g/mol. The molecule has 38 heavy (non-hydrogen) atoms. The zero-order chi connectivity index (χ0) is 26.2. The number of esters is 1. The number of ether oxygens (including phenoxy) is 2. The Labute approximate surface area is 219 Å². The third kappa shape index (κ3) is 4.42. The molecule has 192 valence electrons. The first-order valence-electron chi connectivity index (χ1n) is 12.8. The minimum Gasteiger partial charge on any atom is -0.457 e. The van der Waals surface area contributed by atoms with Gasteiger partial charge < -0.3 is 14.8 Å². The fourth-order valence-electron chi connectivity index (χ4n) is 6.08. The van der Waals surface area contributed by atoms with Crippen LogP contribution in [-0.2, 0) is 19.1 Å². The number of imide groups is 1. The summed E-state index contributed by atoms with van der Waals surface area (Å²) in [6, 6.07) is 22.4. The number of fused-ring (bicyclic) bond motifs is 5. The van der Waals surface area contributed by atoms with Gasteiger partial charge in [-0.05, 0) is 85.7 Å². The summed E-state index contributed by atoms with van der Waals surface area (Å²) in [5.74, 6) is -0.141. The van der Waals surface area contributed by atoms with Gasteiger partial charge in [0.15, 0.2) is 6.61 Å². The molecule has 0 spiro atoms. The van der Waals surface area contributed by atoms with Gasteiger partial charge in [-0.3, -0.25) is 19.3 Å². The molecule has 3 aromatic carbocycles. The lowest BCUT2D eigenvalue weighted by Crippen LogP contribution is -2.32. The number of para-hydroxylation sites is 1. The number of nitrogens with one attached hydrogen (secondary N) is 1. The van der Waals surface area contributed by atoms with Crippen molar-refractivity contribution in [2.24, 2.45) is 23.7 Å². The molecule has 3 aromatic rings. The number of amides is 3. The lowest BCUT2D eigenvalue weighted by atomic mass is 9.81. The summed E-state index contributed by atoms with van der Waals surface area (Å²) in [4.78, 5) is 52.4. The van der Waals surface area contributed by atoms with Crippen molar-refractivity contribution in [2.75, 3.05) is 16.8 Å². The lowest BCUT2D eigenvalue weighted by molar-refractivity contribution is -0.123. The number of benzene rings is 3. The highest BCUT2D eigenvalue weighted by Gasteiger charge is 2.61. The summed E-state index contributed by atoms with van der Waals surface area (Å²) in [5, 5.41) is 2.68. The van der Waals surface area contributed by atoms with Crippen molar-refractivity contribution >= 4 is 35.1 Å². The van der Waals surface area contributed by atoms with Gasteiger partial charge in [-0.15, -0.1) is 0 Å². The maximum absolute atomic E-state index is 13.1. The molecule has 8 heteroatoms. The summed E-state index contributed by atoms with van der Waals surface area (Å²) >= 11 is 0. The summed E-state index contributed by atoms with van der Waals surface area (Å²) in [6.45, 7) is -0.486. The maximum atomic E-state index is 13.1.